The van der Waals surface area contributed by atoms with Gasteiger partial charge in [0.1, 0.15) is 5.75 Å². The molecule has 1 N–H and O–H groups in total. The van der Waals surface area contributed by atoms with Crippen molar-refractivity contribution in [1.82, 2.24) is 4.90 Å². The maximum atomic E-state index is 10.3. The van der Waals surface area contributed by atoms with Crippen molar-refractivity contribution in [3.05, 3.63) is 29.8 Å². The first kappa shape index (κ1) is 14.3. The van der Waals surface area contributed by atoms with Gasteiger partial charge in [0, 0.05) is 19.6 Å². The van der Waals surface area contributed by atoms with Crippen molar-refractivity contribution in [2.45, 2.75) is 25.6 Å². The molecular formula is C15H23NO3. The lowest BCUT2D eigenvalue weighted by Gasteiger charge is -2.33. The molecule has 2 rings (SSSR count). The van der Waals surface area contributed by atoms with Crippen LogP contribution >= 0.6 is 0 Å². The van der Waals surface area contributed by atoms with Crippen LogP contribution in [0.5, 0.6) is 5.75 Å². The maximum absolute atomic E-state index is 10.3. The Hall–Kier alpha value is -1.10. The monoisotopic (exact) mass is 265 g/mol. The molecule has 1 aliphatic heterocycles. The molecule has 1 aromatic rings. The molecule has 0 amide bonds. The van der Waals surface area contributed by atoms with Crippen LogP contribution in [0, 0.1) is 0 Å². The Morgan fingerprint density at radius 1 is 1.42 bits per heavy atom. The Bertz CT molecular complexity index is 379. The van der Waals surface area contributed by atoms with E-state index in [1.807, 2.05) is 24.3 Å². The third-order valence-electron chi connectivity index (χ3n) is 3.61. The fraction of sp³-hybridized carbons (Fsp3) is 0.600. The van der Waals surface area contributed by atoms with E-state index in [1.165, 1.54) is 0 Å². The van der Waals surface area contributed by atoms with Crippen molar-refractivity contribution in [2.24, 2.45) is 0 Å². The molecule has 1 aromatic carbocycles. The van der Waals surface area contributed by atoms with Crippen LogP contribution in [0.25, 0.3) is 0 Å². The minimum Gasteiger partial charge on any atom is -0.497 e. The minimum absolute atomic E-state index is 0.303. The van der Waals surface area contributed by atoms with Gasteiger partial charge in [-0.15, -0.1) is 0 Å². The Labute approximate surface area is 114 Å². The summed E-state index contributed by atoms with van der Waals surface area (Å²) in [5.74, 6) is 0.813. The number of β-amino-alcohol motifs (C(OH)–C–C–N with tert-alkyl or cyclic N) is 1. The zero-order valence-electron chi connectivity index (χ0n) is 11.7. The second-order valence-electron chi connectivity index (χ2n) is 4.95. The van der Waals surface area contributed by atoms with Crippen molar-refractivity contribution in [3.63, 3.8) is 0 Å². The predicted octanol–water partition coefficient (Wildman–Crippen LogP) is 1.84. The van der Waals surface area contributed by atoms with E-state index < -0.39 is 6.10 Å². The van der Waals surface area contributed by atoms with Gasteiger partial charge in [-0.2, -0.15) is 0 Å². The topological polar surface area (TPSA) is 41.9 Å². The molecule has 19 heavy (non-hydrogen) atoms. The lowest BCUT2D eigenvalue weighted by Crippen LogP contribution is -2.43. The summed E-state index contributed by atoms with van der Waals surface area (Å²) < 4.78 is 10.8. The lowest BCUT2D eigenvalue weighted by molar-refractivity contribution is -0.0418. The Balaban J connectivity index is 1.90. The summed E-state index contributed by atoms with van der Waals surface area (Å²) in [7, 11) is 1.64. The van der Waals surface area contributed by atoms with E-state index in [1.54, 1.807) is 7.11 Å². The summed E-state index contributed by atoms with van der Waals surface area (Å²) in [6.07, 6.45) is 0.869. The Morgan fingerprint density at radius 3 is 2.79 bits per heavy atom. The molecule has 4 heteroatoms. The summed E-state index contributed by atoms with van der Waals surface area (Å²) in [6.45, 7) is 5.35. The normalized spacial score (nSPS) is 22.2. The smallest absolute Gasteiger partial charge is 0.118 e. The molecule has 2 unspecified atom stereocenters. The van der Waals surface area contributed by atoms with Crippen LogP contribution in [0.2, 0.25) is 0 Å². The number of methoxy groups -OCH3 is 1. The molecule has 106 valence electrons. The van der Waals surface area contributed by atoms with Gasteiger partial charge in [0.15, 0.2) is 0 Å². The Morgan fingerprint density at radius 2 is 2.16 bits per heavy atom. The van der Waals surface area contributed by atoms with Crippen LogP contribution < -0.4 is 4.74 Å². The molecule has 0 aromatic heterocycles. The second kappa shape index (κ2) is 6.89. The third kappa shape index (κ3) is 3.93. The van der Waals surface area contributed by atoms with Crippen molar-refractivity contribution >= 4 is 0 Å². The van der Waals surface area contributed by atoms with Gasteiger partial charge in [-0.05, 0) is 24.1 Å². The molecule has 0 saturated carbocycles. The first-order chi connectivity index (χ1) is 9.22. The third-order valence-corrected chi connectivity index (χ3v) is 3.61. The summed E-state index contributed by atoms with van der Waals surface area (Å²) in [5, 5.41) is 10.3. The largest absolute Gasteiger partial charge is 0.497 e. The highest BCUT2D eigenvalue weighted by molar-refractivity contribution is 5.28. The number of hydrogen-bond acceptors (Lipinski definition) is 4. The van der Waals surface area contributed by atoms with Gasteiger partial charge in [-0.1, -0.05) is 19.1 Å². The molecule has 2 atom stereocenters. The van der Waals surface area contributed by atoms with Gasteiger partial charge in [-0.3, -0.25) is 4.90 Å². The molecule has 0 bridgehead atoms. The van der Waals surface area contributed by atoms with Gasteiger partial charge in [0.2, 0.25) is 0 Å². The number of hydrogen-bond donors (Lipinski definition) is 1. The highest BCUT2D eigenvalue weighted by Crippen LogP contribution is 2.19. The molecule has 1 heterocycles. The fourth-order valence-electron chi connectivity index (χ4n) is 2.37. The Kier molecular flexibility index (Phi) is 5.19. The minimum atomic E-state index is -0.457. The SMILES string of the molecule is CCC1CN(CC(O)c2ccc(OC)cc2)CCO1. The number of aliphatic hydroxyl groups excluding tert-OH is 1. The number of nitrogens with zero attached hydrogens (tertiary/aromatic N) is 1. The highest BCUT2D eigenvalue weighted by Gasteiger charge is 2.21. The molecule has 0 spiro atoms. The second-order valence-corrected chi connectivity index (χ2v) is 4.95. The van der Waals surface area contributed by atoms with E-state index in [2.05, 4.69) is 11.8 Å². The standard InChI is InChI=1S/C15H23NO3/c1-3-13-10-16(8-9-19-13)11-15(17)12-4-6-14(18-2)7-5-12/h4-7,13,15,17H,3,8-11H2,1-2H3. The molecular weight excluding hydrogens is 242 g/mol. The first-order valence-electron chi connectivity index (χ1n) is 6.89. The van der Waals surface area contributed by atoms with Crippen molar-refractivity contribution in [2.75, 3.05) is 33.4 Å². The molecule has 0 radical (unpaired) electrons. The van der Waals surface area contributed by atoms with E-state index in [-0.39, 0.29) is 0 Å². The first-order valence-corrected chi connectivity index (χ1v) is 6.89. The van der Waals surface area contributed by atoms with Crippen LogP contribution in [-0.2, 0) is 4.74 Å². The summed E-state index contributed by atoms with van der Waals surface area (Å²) in [6, 6.07) is 7.60. The van der Waals surface area contributed by atoms with E-state index >= 15 is 0 Å². The van der Waals surface area contributed by atoms with Gasteiger partial charge in [-0.25, -0.2) is 0 Å². The van der Waals surface area contributed by atoms with Crippen molar-refractivity contribution < 1.29 is 14.6 Å². The van der Waals surface area contributed by atoms with Crippen LogP contribution in [0.15, 0.2) is 24.3 Å². The number of aliphatic hydroxyl groups is 1. The zero-order valence-corrected chi connectivity index (χ0v) is 11.7. The highest BCUT2D eigenvalue weighted by atomic mass is 16.5. The average molecular weight is 265 g/mol. The van der Waals surface area contributed by atoms with Gasteiger partial charge in [0.25, 0.3) is 0 Å². The number of ether oxygens (including phenoxy) is 2. The van der Waals surface area contributed by atoms with Gasteiger partial charge >= 0.3 is 0 Å². The average Bonchev–Trinajstić information content (AvgIpc) is 2.47. The summed E-state index contributed by atoms with van der Waals surface area (Å²) >= 11 is 0. The lowest BCUT2D eigenvalue weighted by atomic mass is 10.1. The van der Waals surface area contributed by atoms with E-state index in [9.17, 15) is 5.11 Å². The molecule has 1 fully saturated rings. The predicted molar refractivity (Wildman–Crippen MR) is 74.4 cm³/mol. The fourth-order valence-corrected chi connectivity index (χ4v) is 2.37. The van der Waals surface area contributed by atoms with Crippen LogP contribution in [0.1, 0.15) is 25.0 Å². The molecule has 4 nitrogen and oxygen atoms in total. The van der Waals surface area contributed by atoms with Crippen molar-refractivity contribution in [3.8, 4) is 5.75 Å². The zero-order chi connectivity index (χ0) is 13.7. The van der Waals surface area contributed by atoms with Crippen LogP contribution in [0.4, 0.5) is 0 Å². The number of benzene rings is 1. The molecule has 0 aliphatic carbocycles. The van der Waals surface area contributed by atoms with E-state index in [0.29, 0.717) is 12.6 Å². The van der Waals surface area contributed by atoms with Crippen molar-refractivity contribution in [1.29, 1.82) is 0 Å². The number of rotatable bonds is 5. The molecule has 1 aliphatic rings. The van der Waals surface area contributed by atoms with Gasteiger partial charge in [0.05, 0.1) is 25.9 Å². The van der Waals surface area contributed by atoms with Crippen LogP contribution in [0.3, 0.4) is 0 Å². The summed E-state index contributed by atoms with van der Waals surface area (Å²) in [5.41, 5.74) is 0.931. The van der Waals surface area contributed by atoms with E-state index in [0.717, 1.165) is 37.4 Å². The summed E-state index contributed by atoms with van der Waals surface area (Å²) in [4.78, 5) is 2.27. The van der Waals surface area contributed by atoms with Gasteiger partial charge < -0.3 is 14.6 Å². The molecule has 1 saturated heterocycles. The quantitative estimate of drug-likeness (QED) is 0.882. The van der Waals surface area contributed by atoms with E-state index in [4.69, 9.17) is 9.47 Å². The maximum Gasteiger partial charge on any atom is 0.118 e. The number of morpholine rings is 1. The van der Waals surface area contributed by atoms with Crippen LogP contribution in [-0.4, -0.2) is 49.5 Å².